The zero-order chi connectivity index (χ0) is 20.8. The van der Waals surface area contributed by atoms with E-state index in [1.807, 2.05) is 30.5 Å². The molecule has 0 bridgehead atoms. The zero-order valence-corrected chi connectivity index (χ0v) is 17.5. The van der Waals surface area contributed by atoms with Crippen LogP contribution in [0.5, 0.6) is 5.75 Å². The Bertz CT molecular complexity index is 1010. The lowest BCUT2D eigenvalue weighted by Gasteiger charge is -2.16. The van der Waals surface area contributed by atoms with Crippen LogP contribution in [0.25, 0.3) is 11.0 Å². The van der Waals surface area contributed by atoms with Gasteiger partial charge in [-0.15, -0.1) is 0 Å². The first-order valence-corrected chi connectivity index (χ1v) is 11.0. The average molecular weight is 415 g/mol. The van der Waals surface area contributed by atoms with Crippen LogP contribution in [0, 0.1) is 6.92 Å². The van der Waals surface area contributed by atoms with Crippen molar-refractivity contribution < 1.29 is 9.90 Å². The van der Waals surface area contributed by atoms with Gasteiger partial charge < -0.3 is 20.0 Å². The van der Waals surface area contributed by atoms with E-state index in [-0.39, 0.29) is 23.3 Å². The number of benzene rings is 1. The molecule has 0 spiro atoms. The molecule has 1 amide bonds. The monoisotopic (exact) mass is 414 g/mol. The number of thioether (sulfide) groups is 1. The highest BCUT2D eigenvalue weighted by atomic mass is 32.2. The van der Waals surface area contributed by atoms with Crippen molar-refractivity contribution >= 4 is 28.7 Å². The first-order valence-electron chi connectivity index (χ1n) is 9.61. The number of rotatable bonds is 9. The largest absolute Gasteiger partial charge is 0.508 e. The van der Waals surface area contributed by atoms with Crippen molar-refractivity contribution in [1.82, 2.24) is 19.9 Å². The summed E-state index contributed by atoms with van der Waals surface area (Å²) in [5, 5.41) is 12.6. The van der Waals surface area contributed by atoms with Gasteiger partial charge in [-0.05, 0) is 50.0 Å². The lowest BCUT2D eigenvalue weighted by molar-refractivity contribution is -0.122. The van der Waals surface area contributed by atoms with Gasteiger partial charge in [-0.3, -0.25) is 9.59 Å². The summed E-state index contributed by atoms with van der Waals surface area (Å²) >= 11 is 1.73. The Balaban J connectivity index is 1.62. The number of carbonyl (C=O) groups excluding carboxylic acids is 1. The number of imidazole rings is 1. The molecule has 0 aliphatic carbocycles. The number of fused-ring (bicyclic) bond motifs is 1. The van der Waals surface area contributed by atoms with E-state index in [1.54, 1.807) is 29.3 Å². The number of pyridine rings is 1. The predicted molar refractivity (Wildman–Crippen MR) is 116 cm³/mol. The average Bonchev–Trinajstić information content (AvgIpc) is 3.11. The molecular formula is C21H26N4O3S. The van der Waals surface area contributed by atoms with E-state index in [2.05, 4.69) is 15.3 Å². The quantitative estimate of drug-likeness (QED) is 0.499. The number of aromatic amines is 1. The number of H-pyrrole nitrogens is 1. The number of aromatic nitrogens is 3. The highest BCUT2D eigenvalue weighted by molar-refractivity contribution is 7.98. The summed E-state index contributed by atoms with van der Waals surface area (Å²) in [6, 6.07) is 10.4. The van der Waals surface area contributed by atoms with E-state index >= 15 is 0 Å². The summed E-state index contributed by atoms with van der Waals surface area (Å²) in [6.45, 7) is 2.19. The van der Waals surface area contributed by atoms with Gasteiger partial charge in [0.2, 0.25) is 5.91 Å². The fourth-order valence-electron chi connectivity index (χ4n) is 3.31. The minimum absolute atomic E-state index is 0.0380. The molecule has 0 saturated heterocycles. The van der Waals surface area contributed by atoms with Crippen molar-refractivity contribution in [3.05, 3.63) is 58.3 Å². The van der Waals surface area contributed by atoms with Gasteiger partial charge >= 0.3 is 0 Å². The number of amides is 1. The Morgan fingerprint density at radius 1 is 1.34 bits per heavy atom. The highest BCUT2D eigenvalue weighted by Gasteiger charge is 2.18. The molecule has 0 aliphatic heterocycles. The third kappa shape index (κ3) is 5.41. The number of carbonyl (C=O) groups is 1. The van der Waals surface area contributed by atoms with Crippen LogP contribution in [-0.4, -0.2) is 37.6 Å². The van der Waals surface area contributed by atoms with Crippen molar-refractivity contribution in [3.63, 3.8) is 0 Å². The molecule has 3 aromatic rings. The molecule has 1 aromatic carbocycles. The van der Waals surface area contributed by atoms with Crippen LogP contribution in [-0.2, 0) is 11.3 Å². The number of nitrogens with one attached hydrogen (secondary N) is 2. The standard InChI is InChI=1S/C21H26N4O3S/c1-14-12-15(26)13-20(28)25(14)10-5-8-19(27)22-18(9-11-29-2)21-23-16-6-3-4-7-17(16)24-21/h3-4,6-7,12-13,18,26H,5,8-11H2,1-2H3,(H,22,27)(H,23,24)/t18-/m0/s1. The van der Waals surface area contributed by atoms with Gasteiger partial charge in [-0.2, -0.15) is 11.8 Å². The summed E-state index contributed by atoms with van der Waals surface area (Å²) < 4.78 is 1.57. The van der Waals surface area contributed by atoms with E-state index in [0.717, 1.165) is 29.0 Å². The molecule has 0 saturated carbocycles. The zero-order valence-electron chi connectivity index (χ0n) is 16.6. The van der Waals surface area contributed by atoms with E-state index in [1.165, 1.54) is 6.07 Å². The van der Waals surface area contributed by atoms with Gasteiger partial charge in [-0.25, -0.2) is 4.98 Å². The minimum Gasteiger partial charge on any atom is -0.508 e. The van der Waals surface area contributed by atoms with Gasteiger partial charge in [0, 0.05) is 24.7 Å². The van der Waals surface area contributed by atoms with Crippen LogP contribution in [0.2, 0.25) is 0 Å². The third-order valence-corrected chi connectivity index (χ3v) is 5.43. The second-order valence-corrected chi connectivity index (χ2v) is 7.97. The number of nitrogens with zero attached hydrogens (tertiary/aromatic N) is 2. The van der Waals surface area contributed by atoms with Crippen LogP contribution in [0.1, 0.15) is 36.8 Å². The molecule has 3 N–H and O–H groups in total. The molecule has 7 nitrogen and oxygen atoms in total. The summed E-state index contributed by atoms with van der Waals surface area (Å²) in [4.78, 5) is 32.5. The van der Waals surface area contributed by atoms with Crippen molar-refractivity contribution in [2.45, 2.75) is 38.8 Å². The summed E-state index contributed by atoms with van der Waals surface area (Å²) in [5.41, 5.74) is 2.25. The van der Waals surface area contributed by atoms with E-state index in [4.69, 9.17) is 0 Å². The fraction of sp³-hybridized carbons (Fsp3) is 0.381. The Morgan fingerprint density at radius 2 is 2.14 bits per heavy atom. The van der Waals surface area contributed by atoms with E-state index in [9.17, 15) is 14.7 Å². The Kier molecular flexibility index (Phi) is 6.98. The fourth-order valence-corrected chi connectivity index (χ4v) is 3.78. The van der Waals surface area contributed by atoms with Crippen molar-refractivity contribution in [2.75, 3.05) is 12.0 Å². The van der Waals surface area contributed by atoms with Crippen LogP contribution in [0.3, 0.4) is 0 Å². The third-order valence-electron chi connectivity index (χ3n) is 4.79. The van der Waals surface area contributed by atoms with E-state index in [0.29, 0.717) is 25.1 Å². The molecule has 0 radical (unpaired) electrons. The summed E-state index contributed by atoms with van der Waals surface area (Å²) in [7, 11) is 0. The molecule has 3 rings (SSSR count). The number of para-hydroxylation sites is 2. The SMILES string of the molecule is CSCC[C@H](NC(=O)CCCn1c(C)cc(O)cc1=O)c1nc2ccccc2[nH]1. The second kappa shape index (κ2) is 9.65. The Hall–Kier alpha value is -2.74. The lowest BCUT2D eigenvalue weighted by atomic mass is 10.2. The van der Waals surface area contributed by atoms with Crippen LogP contribution in [0.4, 0.5) is 0 Å². The second-order valence-electron chi connectivity index (χ2n) is 6.99. The van der Waals surface area contributed by atoms with Crippen molar-refractivity contribution in [1.29, 1.82) is 0 Å². The molecule has 8 heteroatoms. The first kappa shape index (κ1) is 21.0. The van der Waals surface area contributed by atoms with Gasteiger partial charge in [0.1, 0.15) is 11.6 Å². The molecule has 154 valence electrons. The molecule has 2 heterocycles. The maximum atomic E-state index is 12.5. The molecule has 2 aromatic heterocycles. The first-order chi connectivity index (χ1) is 14.0. The molecule has 29 heavy (non-hydrogen) atoms. The Morgan fingerprint density at radius 3 is 2.86 bits per heavy atom. The number of aromatic hydroxyl groups is 1. The minimum atomic E-state index is -0.261. The van der Waals surface area contributed by atoms with Crippen molar-refractivity contribution in [2.24, 2.45) is 0 Å². The maximum Gasteiger partial charge on any atom is 0.254 e. The number of hydrogen-bond acceptors (Lipinski definition) is 5. The molecule has 0 unspecified atom stereocenters. The van der Waals surface area contributed by atoms with E-state index < -0.39 is 0 Å². The molecule has 0 aliphatic rings. The number of hydrogen-bond donors (Lipinski definition) is 3. The number of aryl methyl sites for hydroxylation is 1. The lowest BCUT2D eigenvalue weighted by Crippen LogP contribution is -2.30. The summed E-state index contributed by atoms with van der Waals surface area (Å²) in [6.07, 6.45) is 3.66. The van der Waals surface area contributed by atoms with Crippen LogP contribution < -0.4 is 10.9 Å². The topological polar surface area (TPSA) is 100 Å². The predicted octanol–water partition coefficient (Wildman–Crippen LogP) is 3.13. The van der Waals surface area contributed by atoms with Gasteiger partial charge in [0.15, 0.2) is 0 Å². The molecule has 1 atom stereocenters. The normalized spacial score (nSPS) is 12.2. The Labute approximate surface area is 173 Å². The van der Waals surface area contributed by atoms with Crippen molar-refractivity contribution in [3.8, 4) is 5.75 Å². The van der Waals surface area contributed by atoms with Crippen LogP contribution >= 0.6 is 11.8 Å². The maximum absolute atomic E-state index is 12.5. The van der Waals surface area contributed by atoms with Gasteiger partial charge in [0.25, 0.3) is 5.56 Å². The smallest absolute Gasteiger partial charge is 0.254 e. The summed E-state index contributed by atoms with van der Waals surface area (Å²) in [5.74, 6) is 1.56. The van der Waals surface area contributed by atoms with Gasteiger partial charge in [-0.1, -0.05) is 12.1 Å². The molecular weight excluding hydrogens is 388 g/mol. The van der Waals surface area contributed by atoms with Gasteiger partial charge in [0.05, 0.1) is 17.1 Å². The molecule has 0 fully saturated rings. The van der Waals surface area contributed by atoms with Crippen LogP contribution in [0.15, 0.2) is 41.2 Å². The highest BCUT2D eigenvalue weighted by Crippen LogP contribution is 2.20.